The molecule has 0 radical (unpaired) electrons. The Morgan fingerprint density at radius 1 is 0.920 bits per heavy atom. The minimum absolute atomic E-state index is 0.141. The van der Waals surface area contributed by atoms with Gasteiger partial charge in [0, 0.05) is 19.0 Å². The van der Waals surface area contributed by atoms with Crippen molar-refractivity contribution in [1.29, 1.82) is 0 Å². The van der Waals surface area contributed by atoms with Crippen molar-refractivity contribution >= 4 is 15.7 Å². The van der Waals surface area contributed by atoms with Crippen LogP contribution in [0.25, 0.3) is 0 Å². The van der Waals surface area contributed by atoms with Crippen LogP contribution in [0.15, 0.2) is 0 Å². The van der Waals surface area contributed by atoms with Crippen molar-refractivity contribution in [2.45, 2.75) is 94.5 Å². The normalized spacial score (nSPS) is 29.4. The minimum Gasteiger partial charge on any atom is -0.340 e. The van der Waals surface area contributed by atoms with Gasteiger partial charge in [-0.2, -0.15) is 0 Å². The van der Waals surface area contributed by atoms with Gasteiger partial charge in [0.25, 0.3) is 0 Å². The third kappa shape index (κ3) is 4.40. The Hall–Kier alpha value is -0.580. The van der Waals surface area contributed by atoms with Gasteiger partial charge in [-0.1, -0.05) is 45.4 Å². The number of nitrogens with zero attached hydrogens (tertiary/aromatic N) is 1. The number of amides is 1. The minimum atomic E-state index is -3.04. The fraction of sp³-hybridized carbons (Fsp3) is 0.950. The molecule has 0 spiro atoms. The van der Waals surface area contributed by atoms with Crippen molar-refractivity contribution in [2.75, 3.05) is 13.1 Å². The summed E-state index contributed by atoms with van der Waals surface area (Å²) in [7, 11) is -3.04. The molecule has 0 aromatic heterocycles. The standard InChI is InChI=1S/C20H35NO3S/c1-2-3-7-16-10-12-17(13-11-16)20(22)21-14-19(15-21)25(23,24)18-8-5-4-6-9-18/h16-19H,2-15H2,1H3. The molecule has 3 rings (SSSR count). The second-order valence-electron chi connectivity index (χ2n) is 8.57. The Bertz CT molecular complexity index is 539. The number of unbranched alkanes of at least 4 members (excludes halogenated alkanes) is 1. The summed E-state index contributed by atoms with van der Waals surface area (Å²) < 4.78 is 25.4. The molecule has 1 amide bonds. The summed E-state index contributed by atoms with van der Waals surface area (Å²) in [6.45, 7) is 3.14. The Kier molecular flexibility index (Phi) is 6.45. The van der Waals surface area contributed by atoms with E-state index in [-0.39, 0.29) is 22.3 Å². The van der Waals surface area contributed by atoms with E-state index in [1.807, 2.05) is 4.90 Å². The highest BCUT2D eigenvalue weighted by molar-refractivity contribution is 7.92. The molecule has 2 aliphatic carbocycles. The molecule has 0 atom stereocenters. The van der Waals surface area contributed by atoms with Crippen molar-refractivity contribution in [3.63, 3.8) is 0 Å². The van der Waals surface area contributed by atoms with E-state index in [0.29, 0.717) is 13.1 Å². The number of sulfone groups is 1. The third-order valence-electron chi connectivity index (χ3n) is 6.80. The highest BCUT2D eigenvalue weighted by Crippen LogP contribution is 2.35. The van der Waals surface area contributed by atoms with E-state index < -0.39 is 9.84 Å². The van der Waals surface area contributed by atoms with Gasteiger partial charge in [-0.15, -0.1) is 0 Å². The number of likely N-dealkylation sites (tertiary alicyclic amines) is 1. The van der Waals surface area contributed by atoms with Gasteiger partial charge in [0.15, 0.2) is 9.84 Å². The first-order valence-corrected chi connectivity index (χ1v) is 12.1. The van der Waals surface area contributed by atoms with Crippen LogP contribution >= 0.6 is 0 Å². The van der Waals surface area contributed by atoms with E-state index >= 15 is 0 Å². The van der Waals surface area contributed by atoms with E-state index in [2.05, 4.69) is 6.92 Å². The van der Waals surface area contributed by atoms with E-state index in [0.717, 1.165) is 44.4 Å². The molecule has 1 saturated heterocycles. The van der Waals surface area contributed by atoms with Crippen LogP contribution in [0, 0.1) is 11.8 Å². The topological polar surface area (TPSA) is 54.5 Å². The molecule has 0 unspecified atom stereocenters. The maximum absolute atomic E-state index is 12.7. The van der Waals surface area contributed by atoms with Crippen LogP contribution < -0.4 is 0 Å². The smallest absolute Gasteiger partial charge is 0.225 e. The molecule has 0 bridgehead atoms. The lowest BCUT2D eigenvalue weighted by Crippen LogP contribution is -2.60. The molecular weight excluding hydrogens is 334 g/mol. The van der Waals surface area contributed by atoms with Crippen LogP contribution in [0.5, 0.6) is 0 Å². The van der Waals surface area contributed by atoms with Crippen LogP contribution in [-0.4, -0.2) is 42.8 Å². The van der Waals surface area contributed by atoms with Crippen molar-refractivity contribution in [1.82, 2.24) is 4.90 Å². The SMILES string of the molecule is CCCCC1CCC(C(=O)N2CC(S(=O)(=O)C3CCCCC3)C2)CC1. The van der Waals surface area contributed by atoms with Gasteiger partial charge >= 0.3 is 0 Å². The zero-order chi connectivity index (χ0) is 17.9. The second kappa shape index (κ2) is 8.41. The molecule has 0 N–H and O–H groups in total. The van der Waals surface area contributed by atoms with Crippen molar-refractivity contribution in [3.05, 3.63) is 0 Å². The van der Waals surface area contributed by atoms with Gasteiger partial charge < -0.3 is 4.90 Å². The lowest BCUT2D eigenvalue weighted by atomic mass is 9.79. The Labute approximate surface area is 153 Å². The average Bonchev–Trinajstić information content (AvgIpc) is 2.59. The predicted octanol–water partition coefficient (Wildman–Crippen LogP) is 3.94. The summed E-state index contributed by atoms with van der Waals surface area (Å²) in [6.07, 6.45) is 13.1. The lowest BCUT2D eigenvalue weighted by Gasteiger charge is -2.43. The third-order valence-corrected chi connectivity index (χ3v) is 9.43. The van der Waals surface area contributed by atoms with Gasteiger partial charge in [-0.25, -0.2) is 8.42 Å². The van der Waals surface area contributed by atoms with Crippen LogP contribution in [0.4, 0.5) is 0 Å². The zero-order valence-electron chi connectivity index (χ0n) is 15.8. The molecule has 0 aromatic carbocycles. The Morgan fingerprint density at radius 3 is 2.16 bits per heavy atom. The molecule has 3 fully saturated rings. The van der Waals surface area contributed by atoms with E-state index in [9.17, 15) is 13.2 Å². The second-order valence-corrected chi connectivity index (χ2v) is 11.1. The maximum Gasteiger partial charge on any atom is 0.225 e. The zero-order valence-corrected chi connectivity index (χ0v) is 16.6. The van der Waals surface area contributed by atoms with Crippen molar-refractivity contribution in [3.8, 4) is 0 Å². The fourth-order valence-electron chi connectivity index (χ4n) is 4.94. The molecule has 3 aliphatic rings. The first kappa shape index (κ1) is 19.2. The molecule has 5 heteroatoms. The number of carbonyl (C=O) groups excluding carboxylic acids is 1. The van der Waals surface area contributed by atoms with Gasteiger partial charge in [0.2, 0.25) is 5.91 Å². The van der Waals surface area contributed by atoms with Gasteiger partial charge in [0.05, 0.1) is 10.5 Å². The van der Waals surface area contributed by atoms with Gasteiger partial charge in [0.1, 0.15) is 0 Å². The largest absolute Gasteiger partial charge is 0.340 e. The van der Waals surface area contributed by atoms with E-state index in [4.69, 9.17) is 0 Å². The lowest BCUT2D eigenvalue weighted by molar-refractivity contribution is -0.140. The molecule has 2 saturated carbocycles. The number of hydrogen-bond donors (Lipinski definition) is 0. The van der Waals surface area contributed by atoms with Crippen LogP contribution in [0.2, 0.25) is 0 Å². The monoisotopic (exact) mass is 369 g/mol. The maximum atomic E-state index is 12.7. The van der Waals surface area contributed by atoms with Crippen LogP contribution in [0.1, 0.15) is 84.0 Å². The Balaban J connectivity index is 1.44. The number of rotatable bonds is 6. The van der Waals surface area contributed by atoms with E-state index in [1.165, 1.54) is 38.5 Å². The van der Waals surface area contributed by atoms with Crippen molar-refractivity contribution < 1.29 is 13.2 Å². The summed E-state index contributed by atoms with van der Waals surface area (Å²) in [5, 5.41) is -0.432. The summed E-state index contributed by atoms with van der Waals surface area (Å²) in [5.74, 6) is 1.18. The fourth-order valence-corrected chi connectivity index (χ4v) is 7.25. The summed E-state index contributed by atoms with van der Waals surface area (Å²) >= 11 is 0. The molecule has 25 heavy (non-hydrogen) atoms. The van der Waals surface area contributed by atoms with Crippen LogP contribution in [-0.2, 0) is 14.6 Å². The number of carbonyl (C=O) groups is 1. The summed E-state index contributed by atoms with van der Waals surface area (Å²) in [5.41, 5.74) is 0. The van der Waals surface area contributed by atoms with Gasteiger partial charge in [-0.05, 0) is 44.4 Å². The average molecular weight is 370 g/mol. The van der Waals surface area contributed by atoms with Gasteiger partial charge in [-0.3, -0.25) is 4.79 Å². The highest BCUT2D eigenvalue weighted by atomic mass is 32.2. The van der Waals surface area contributed by atoms with E-state index in [1.54, 1.807) is 0 Å². The highest BCUT2D eigenvalue weighted by Gasteiger charge is 2.45. The summed E-state index contributed by atoms with van der Waals surface area (Å²) in [6, 6.07) is 0. The first-order chi connectivity index (χ1) is 12.0. The molecule has 1 aliphatic heterocycles. The quantitative estimate of drug-likeness (QED) is 0.712. The predicted molar refractivity (Wildman–Crippen MR) is 101 cm³/mol. The first-order valence-electron chi connectivity index (χ1n) is 10.5. The Morgan fingerprint density at radius 2 is 1.56 bits per heavy atom. The summed E-state index contributed by atoms with van der Waals surface area (Å²) in [4.78, 5) is 14.5. The molecular formula is C20H35NO3S. The molecule has 1 heterocycles. The van der Waals surface area contributed by atoms with Crippen molar-refractivity contribution in [2.24, 2.45) is 11.8 Å². The molecule has 144 valence electrons. The molecule has 4 nitrogen and oxygen atoms in total. The number of hydrogen-bond acceptors (Lipinski definition) is 3. The van der Waals surface area contributed by atoms with Crippen LogP contribution in [0.3, 0.4) is 0 Å². The molecule has 0 aromatic rings.